The summed E-state index contributed by atoms with van der Waals surface area (Å²) in [5.74, 6) is 0.887. The first-order valence-corrected chi connectivity index (χ1v) is 6.47. The molecule has 0 bridgehead atoms. The zero-order valence-electron chi connectivity index (χ0n) is 9.98. The minimum absolute atomic E-state index is 0.230. The maximum Gasteiger partial charge on any atom is 0.118 e. The molecule has 0 aliphatic rings. The molecule has 0 aromatic heterocycles. The number of aryl methyl sites for hydroxylation is 1. The van der Waals surface area contributed by atoms with Gasteiger partial charge in [-0.15, -0.1) is 0 Å². The van der Waals surface area contributed by atoms with Crippen molar-refractivity contribution >= 4 is 15.9 Å². The Bertz CT molecular complexity index is 491. The fourth-order valence-corrected chi connectivity index (χ4v) is 2.38. The van der Waals surface area contributed by atoms with E-state index in [4.69, 9.17) is 4.74 Å². The van der Waals surface area contributed by atoms with Gasteiger partial charge in [-0.25, -0.2) is 0 Å². The van der Waals surface area contributed by atoms with Gasteiger partial charge in [-0.05, 0) is 30.2 Å². The molecule has 0 saturated heterocycles. The van der Waals surface area contributed by atoms with E-state index in [0.29, 0.717) is 0 Å². The summed E-state index contributed by atoms with van der Waals surface area (Å²) >= 11 is 3.73. The van der Waals surface area contributed by atoms with Crippen LogP contribution in [0.15, 0.2) is 48.5 Å². The molecule has 0 saturated carbocycles. The first-order chi connectivity index (χ1) is 8.20. The number of hydrogen-bond donors (Lipinski definition) is 0. The van der Waals surface area contributed by atoms with E-state index >= 15 is 0 Å². The molecule has 0 radical (unpaired) electrons. The van der Waals surface area contributed by atoms with Gasteiger partial charge in [-0.2, -0.15) is 0 Å². The molecule has 0 aliphatic carbocycles. The number of benzene rings is 2. The van der Waals surface area contributed by atoms with Crippen molar-refractivity contribution in [2.45, 2.75) is 11.8 Å². The van der Waals surface area contributed by atoms with Crippen molar-refractivity contribution in [2.24, 2.45) is 0 Å². The number of ether oxygens (including phenoxy) is 1. The van der Waals surface area contributed by atoms with Crippen molar-refractivity contribution in [1.29, 1.82) is 0 Å². The molecular weight excluding hydrogens is 276 g/mol. The van der Waals surface area contributed by atoms with Gasteiger partial charge in [0.1, 0.15) is 5.75 Å². The summed E-state index contributed by atoms with van der Waals surface area (Å²) in [7, 11) is 1.68. The van der Waals surface area contributed by atoms with E-state index in [0.717, 1.165) is 5.75 Å². The Morgan fingerprint density at radius 2 is 1.71 bits per heavy atom. The maximum atomic E-state index is 5.16. The summed E-state index contributed by atoms with van der Waals surface area (Å²) in [6, 6.07) is 16.7. The molecule has 2 heteroatoms. The molecule has 1 unspecified atom stereocenters. The highest BCUT2D eigenvalue weighted by atomic mass is 79.9. The molecule has 0 aliphatic heterocycles. The lowest BCUT2D eigenvalue weighted by atomic mass is 10.0. The molecule has 0 amide bonds. The lowest BCUT2D eigenvalue weighted by Gasteiger charge is -2.12. The molecule has 0 N–H and O–H groups in total. The zero-order valence-corrected chi connectivity index (χ0v) is 11.6. The van der Waals surface area contributed by atoms with E-state index < -0.39 is 0 Å². The minimum atomic E-state index is 0.230. The lowest BCUT2D eigenvalue weighted by molar-refractivity contribution is 0.414. The van der Waals surface area contributed by atoms with Crippen molar-refractivity contribution < 1.29 is 4.74 Å². The van der Waals surface area contributed by atoms with Gasteiger partial charge in [0.2, 0.25) is 0 Å². The van der Waals surface area contributed by atoms with E-state index in [1.807, 2.05) is 12.1 Å². The first-order valence-electron chi connectivity index (χ1n) is 5.55. The third-order valence-electron chi connectivity index (χ3n) is 2.74. The number of hydrogen-bond acceptors (Lipinski definition) is 1. The van der Waals surface area contributed by atoms with E-state index in [2.05, 4.69) is 59.3 Å². The third-order valence-corrected chi connectivity index (χ3v) is 3.80. The highest BCUT2D eigenvalue weighted by Gasteiger charge is 2.10. The Morgan fingerprint density at radius 3 is 2.29 bits per heavy atom. The summed E-state index contributed by atoms with van der Waals surface area (Å²) in [6.45, 7) is 2.11. The molecule has 88 valence electrons. The summed E-state index contributed by atoms with van der Waals surface area (Å²) in [6.07, 6.45) is 0. The number of halogens is 1. The molecule has 2 rings (SSSR count). The van der Waals surface area contributed by atoms with E-state index in [-0.39, 0.29) is 4.83 Å². The Kier molecular flexibility index (Phi) is 3.85. The van der Waals surface area contributed by atoms with E-state index in [1.165, 1.54) is 16.7 Å². The van der Waals surface area contributed by atoms with Gasteiger partial charge >= 0.3 is 0 Å². The quantitative estimate of drug-likeness (QED) is 0.757. The molecule has 0 fully saturated rings. The predicted octanol–water partition coefficient (Wildman–Crippen LogP) is 4.49. The van der Waals surface area contributed by atoms with Gasteiger partial charge in [0.25, 0.3) is 0 Å². The Labute approximate surface area is 111 Å². The zero-order chi connectivity index (χ0) is 12.3. The standard InChI is InChI=1S/C15H15BrO/c1-11-4-3-5-13(10-11)15(16)12-6-8-14(17-2)9-7-12/h3-10,15H,1-2H3. The summed E-state index contributed by atoms with van der Waals surface area (Å²) in [5, 5.41) is 0. The largest absolute Gasteiger partial charge is 0.497 e. The van der Waals surface area contributed by atoms with Crippen LogP contribution in [0.3, 0.4) is 0 Å². The fraction of sp³-hybridized carbons (Fsp3) is 0.200. The van der Waals surface area contributed by atoms with Crippen LogP contribution >= 0.6 is 15.9 Å². The number of alkyl halides is 1. The molecule has 0 heterocycles. The van der Waals surface area contributed by atoms with Crippen molar-refractivity contribution in [2.75, 3.05) is 7.11 Å². The normalized spacial score (nSPS) is 12.2. The van der Waals surface area contributed by atoms with E-state index in [1.54, 1.807) is 7.11 Å². The average molecular weight is 291 g/mol. The molecule has 17 heavy (non-hydrogen) atoms. The second kappa shape index (κ2) is 5.37. The van der Waals surface area contributed by atoms with Gasteiger partial charge in [-0.1, -0.05) is 57.9 Å². The van der Waals surface area contributed by atoms with Crippen molar-refractivity contribution in [3.63, 3.8) is 0 Å². The highest BCUT2D eigenvalue weighted by Crippen LogP contribution is 2.31. The average Bonchev–Trinajstić information content (AvgIpc) is 2.38. The van der Waals surface area contributed by atoms with Gasteiger partial charge in [0.05, 0.1) is 11.9 Å². The highest BCUT2D eigenvalue weighted by molar-refractivity contribution is 9.09. The summed E-state index contributed by atoms with van der Waals surface area (Å²) in [5.41, 5.74) is 3.78. The van der Waals surface area contributed by atoms with Crippen LogP contribution in [0.1, 0.15) is 21.5 Å². The van der Waals surface area contributed by atoms with Crippen LogP contribution in [-0.4, -0.2) is 7.11 Å². The topological polar surface area (TPSA) is 9.23 Å². The van der Waals surface area contributed by atoms with Crippen LogP contribution in [-0.2, 0) is 0 Å². The molecule has 1 atom stereocenters. The summed E-state index contributed by atoms with van der Waals surface area (Å²) < 4.78 is 5.16. The minimum Gasteiger partial charge on any atom is -0.497 e. The van der Waals surface area contributed by atoms with Gasteiger partial charge in [-0.3, -0.25) is 0 Å². The number of methoxy groups -OCH3 is 1. The fourth-order valence-electron chi connectivity index (χ4n) is 1.79. The third kappa shape index (κ3) is 2.89. The predicted molar refractivity (Wildman–Crippen MR) is 74.9 cm³/mol. The second-order valence-corrected chi connectivity index (χ2v) is 4.97. The van der Waals surface area contributed by atoms with Crippen LogP contribution in [0.5, 0.6) is 5.75 Å². The molecule has 2 aromatic carbocycles. The van der Waals surface area contributed by atoms with Crippen LogP contribution < -0.4 is 4.74 Å². The van der Waals surface area contributed by atoms with Gasteiger partial charge < -0.3 is 4.74 Å². The van der Waals surface area contributed by atoms with Crippen molar-refractivity contribution in [1.82, 2.24) is 0 Å². The molecule has 1 nitrogen and oxygen atoms in total. The maximum absolute atomic E-state index is 5.16. The summed E-state index contributed by atoms with van der Waals surface area (Å²) in [4.78, 5) is 0.230. The molecule has 2 aromatic rings. The molecular formula is C15H15BrO. The van der Waals surface area contributed by atoms with Gasteiger partial charge in [0.15, 0.2) is 0 Å². The Balaban J connectivity index is 2.27. The first kappa shape index (κ1) is 12.2. The van der Waals surface area contributed by atoms with Crippen LogP contribution in [0.4, 0.5) is 0 Å². The van der Waals surface area contributed by atoms with Crippen LogP contribution in [0.2, 0.25) is 0 Å². The Hall–Kier alpha value is -1.28. The van der Waals surface area contributed by atoms with Crippen molar-refractivity contribution in [3.8, 4) is 5.75 Å². The second-order valence-electron chi connectivity index (χ2n) is 4.05. The van der Waals surface area contributed by atoms with Crippen molar-refractivity contribution in [3.05, 3.63) is 65.2 Å². The lowest BCUT2D eigenvalue weighted by Crippen LogP contribution is -1.93. The number of rotatable bonds is 3. The Morgan fingerprint density at radius 1 is 1.00 bits per heavy atom. The van der Waals surface area contributed by atoms with Crippen LogP contribution in [0.25, 0.3) is 0 Å². The van der Waals surface area contributed by atoms with Gasteiger partial charge in [0, 0.05) is 0 Å². The SMILES string of the molecule is COc1ccc(C(Br)c2cccc(C)c2)cc1. The monoisotopic (exact) mass is 290 g/mol. The van der Waals surface area contributed by atoms with Crippen LogP contribution in [0, 0.1) is 6.92 Å². The molecule has 0 spiro atoms. The smallest absolute Gasteiger partial charge is 0.118 e. The van der Waals surface area contributed by atoms with E-state index in [9.17, 15) is 0 Å².